The third-order valence-electron chi connectivity index (χ3n) is 2.58. The number of ketones is 1. The van der Waals surface area contributed by atoms with Crippen molar-refractivity contribution in [2.24, 2.45) is 0 Å². The minimum Gasteiger partial charge on any atom is -0.294 e. The van der Waals surface area contributed by atoms with Gasteiger partial charge in [0.15, 0.2) is 5.78 Å². The van der Waals surface area contributed by atoms with E-state index in [0.29, 0.717) is 0 Å². The van der Waals surface area contributed by atoms with Crippen LogP contribution in [0, 0.1) is 0 Å². The van der Waals surface area contributed by atoms with E-state index in [2.05, 4.69) is 16.7 Å². The van der Waals surface area contributed by atoms with E-state index in [1.807, 2.05) is 0 Å². The Morgan fingerprint density at radius 2 is 2.47 bits per heavy atom. The average Bonchev–Trinajstić information content (AvgIpc) is 2.68. The smallest absolute Gasteiger partial charge is 0.171 e. The summed E-state index contributed by atoms with van der Waals surface area (Å²) in [4.78, 5) is 16.2. The van der Waals surface area contributed by atoms with Crippen LogP contribution in [0.4, 0.5) is 0 Å². The Morgan fingerprint density at radius 1 is 1.60 bits per heavy atom. The maximum Gasteiger partial charge on any atom is 0.171 e. The lowest BCUT2D eigenvalue weighted by Crippen LogP contribution is -2.12. The van der Waals surface area contributed by atoms with Gasteiger partial charge in [-0.25, -0.2) is 4.98 Å². The number of hydrogen-bond acceptors (Lipinski definition) is 4. The lowest BCUT2D eigenvalue weighted by Gasteiger charge is -2.19. The second-order valence-corrected chi connectivity index (χ2v) is 6.39. The summed E-state index contributed by atoms with van der Waals surface area (Å²) in [7, 11) is 0. The SMILES string of the molecule is CC(=O)c1cnc(CC2CCCCS2)s1. The second kappa shape index (κ2) is 5.12. The van der Waals surface area contributed by atoms with Crippen molar-refractivity contribution in [1.29, 1.82) is 0 Å². The second-order valence-electron chi connectivity index (χ2n) is 3.87. The van der Waals surface area contributed by atoms with E-state index in [-0.39, 0.29) is 5.78 Å². The van der Waals surface area contributed by atoms with Gasteiger partial charge < -0.3 is 0 Å². The summed E-state index contributed by atoms with van der Waals surface area (Å²) in [5, 5.41) is 1.85. The van der Waals surface area contributed by atoms with Gasteiger partial charge >= 0.3 is 0 Å². The van der Waals surface area contributed by atoms with E-state index < -0.39 is 0 Å². The first-order valence-electron chi connectivity index (χ1n) is 5.33. The first kappa shape index (κ1) is 11.1. The molecule has 1 fully saturated rings. The number of thioether (sulfide) groups is 1. The number of rotatable bonds is 3. The maximum absolute atomic E-state index is 11.1. The Kier molecular flexibility index (Phi) is 3.81. The van der Waals surface area contributed by atoms with E-state index in [9.17, 15) is 4.79 Å². The van der Waals surface area contributed by atoms with Crippen molar-refractivity contribution >= 4 is 28.9 Å². The monoisotopic (exact) mass is 241 g/mol. The molecule has 0 saturated carbocycles. The molecule has 0 radical (unpaired) electrons. The number of carbonyl (C=O) groups excluding carboxylic acids is 1. The predicted molar refractivity (Wildman–Crippen MR) is 65.9 cm³/mol. The van der Waals surface area contributed by atoms with Gasteiger partial charge in [-0.3, -0.25) is 4.79 Å². The molecule has 1 aliphatic rings. The van der Waals surface area contributed by atoms with Crippen LogP contribution in [0.5, 0.6) is 0 Å². The molecule has 1 atom stereocenters. The Morgan fingerprint density at radius 3 is 3.07 bits per heavy atom. The van der Waals surface area contributed by atoms with Crippen LogP contribution in [-0.2, 0) is 6.42 Å². The van der Waals surface area contributed by atoms with Crippen LogP contribution in [0.15, 0.2) is 6.20 Å². The molecule has 2 nitrogen and oxygen atoms in total. The zero-order valence-electron chi connectivity index (χ0n) is 8.86. The van der Waals surface area contributed by atoms with Gasteiger partial charge in [-0.1, -0.05) is 6.42 Å². The molecule has 0 spiro atoms. The van der Waals surface area contributed by atoms with Crippen molar-refractivity contribution in [1.82, 2.24) is 4.98 Å². The molecule has 0 aromatic carbocycles. The highest BCUT2D eigenvalue weighted by Crippen LogP contribution is 2.29. The third-order valence-corrected chi connectivity index (χ3v) is 5.10. The Balaban J connectivity index is 1.94. The van der Waals surface area contributed by atoms with Crippen molar-refractivity contribution in [3.63, 3.8) is 0 Å². The molecule has 1 aliphatic heterocycles. The van der Waals surface area contributed by atoms with Crippen LogP contribution >= 0.6 is 23.1 Å². The highest BCUT2D eigenvalue weighted by molar-refractivity contribution is 7.99. The van der Waals surface area contributed by atoms with Gasteiger partial charge in [-0.2, -0.15) is 11.8 Å². The molecule has 2 heterocycles. The topological polar surface area (TPSA) is 30.0 Å². The number of nitrogens with zero attached hydrogens (tertiary/aromatic N) is 1. The van der Waals surface area contributed by atoms with Gasteiger partial charge in [0.25, 0.3) is 0 Å². The molecule has 1 aromatic rings. The molecule has 0 N–H and O–H groups in total. The van der Waals surface area contributed by atoms with E-state index in [1.54, 1.807) is 24.5 Å². The quantitative estimate of drug-likeness (QED) is 0.761. The van der Waals surface area contributed by atoms with Gasteiger partial charge in [-0.15, -0.1) is 11.3 Å². The zero-order valence-corrected chi connectivity index (χ0v) is 10.5. The van der Waals surface area contributed by atoms with Crippen LogP contribution < -0.4 is 0 Å². The molecule has 0 aliphatic carbocycles. The van der Waals surface area contributed by atoms with Crippen molar-refractivity contribution in [3.05, 3.63) is 16.1 Å². The molecule has 15 heavy (non-hydrogen) atoms. The predicted octanol–water partition coefficient (Wildman–Crippen LogP) is 3.17. The van der Waals surface area contributed by atoms with Crippen molar-refractivity contribution in [2.75, 3.05) is 5.75 Å². The Hall–Kier alpha value is -0.350. The van der Waals surface area contributed by atoms with Gasteiger partial charge in [0.05, 0.1) is 9.88 Å². The summed E-state index contributed by atoms with van der Waals surface area (Å²) < 4.78 is 0. The number of carbonyl (C=O) groups is 1. The van der Waals surface area contributed by atoms with Crippen LogP contribution in [0.1, 0.15) is 40.9 Å². The molecule has 1 unspecified atom stereocenters. The third kappa shape index (κ3) is 3.05. The number of thiazole rings is 1. The number of hydrogen-bond donors (Lipinski definition) is 0. The summed E-state index contributed by atoms with van der Waals surface area (Å²) in [6.45, 7) is 1.60. The van der Waals surface area contributed by atoms with E-state index >= 15 is 0 Å². The van der Waals surface area contributed by atoms with E-state index in [4.69, 9.17) is 0 Å². The van der Waals surface area contributed by atoms with Gasteiger partial charge in [0.1, 0.15) is 0 Å². The first-order valence-corrected chi connectivity index (χ1v) is 7.19. The lowest BCUT2D eigenvalue weighted by atomic mass is 10.1. The minimum atomic E-state index is 0.134. The summed E-state index contributed by atoms with van der Waals surface area (Å²) in [5.41, 5.74) is 0. The molecule has 0 bridgehead atoms. The highest BCUT2D eigenvalue weighted by atomic mass is 32.2. The molecule has 1 saturated heterocycles. The molecule has 4 heteroatoms. The summed E-state index contributed by atoms with van der Waals surface area (Å²) in [6, 6.07) is 0. The molecule has 1 aromatic heterocycles. The fourth-order valence-electron chi connectivity index (χ4n) is 1.73. The van der Waals surface area contributed by atoms with E-state index in [1.165, 1.54) is 25.0 Å². The molecule has 0 amide bonds. The van der Waals surface area contributed by atoms with Crippen LogP contribution in [0.2, 0.25) is 0 Å². The van der Waals surface area contributed by atoms with Crippen LogP contribution in [0.3, 0.4) is 0 Å². The van der Waals surface area contributed by atoms with Gasteiger partial charge in [0, 0.05) is 24.8 Å². The van der Waals surface area contributed by atoms with Crippen molar-refractivity contribution < 1.29 is 4.79 Å². The average molecular weight is 241 g/mol. The van der Waals surface area contributed by atoms with Crippen molar-refractivity contribution in [2.45, 2.75) is 37.9 Å². The van der Waals surface area contributed by atoms with E-state index in [0.717, 1.165) is 21.6 Å². The summed E-state index contributed by atoms with van der Waals surface area (Å²) >= 11 is 3.62. The Bertz CT molecular complexity index is 342. The molecular formula is C11H15NOS2. The van der Waals surface area contributed by atoms with Crippen molar-refractivity contribution in [3.8, 4) is 0 Å². The molecule has 2 rings (SSSR count). The minimum absolute atomic E-state index is 0.134. The van der Waals surface area contributed by atoms with Crippen LogP contribution in [0.25, 0.3) is 0 Å². The standard InChI is InChI=1S/C11H15NOS2/c1-8(13)10-7-12-11(15-10)6-9-4-2-3-5-14-9/h7,9H,2-6H2,1H3. The Labute approximate surface area is 98.5 Å². The maximum atomic E-state index is 11.1. The largest absolute Gasteiger partial charge is 0.294 e. The fraction of sp³-hybridized carbons (Fsp3) is 0.636. The zero-order chi connectivity index (χ0) is 10.7. The number of aromatic nitrogens is 1. The lowest BCUT2D eigenvalue weighted by molar-refractivity contribution is 0.102. The number of Topliss-reactive ketones (excluding diaryl/α,β-unsaturated/α-hetero) is 1. The summed E-state index contributed by atoms with van der Waals surface area (Å²) in [6.07, 6.45) is 6.78. The molecular weight excluding hydrogens is 226 g/mol. The fourth-order valence-corrected chi connectivity index (χ4v) is 4.04. The van der Waals surface area contributed by atoms with Gasteiger partial charge in [-0.05, 0) is 18.6 Å². The van der Waals surface area contributed by atoms with Crippen LogP contribution in [-0.4, -0.2) is 21.8 Å². The summed E-state index contributed by atoms with van der Waals surface area (Å²) in [5.74, 6) is 1.42. The normalized spacial score (nSPS) is 21.5. The highest BCUT2D eigenvalue weighted by Gasteiger charge is 2.16. The van der Waals surface area contributed by atoms with Gasteiger partial charge in [0.2, 0.25) is 0 Å². The molecule has 82 valence electrons. The first-order chi connectivity index (χ1) is 7.25.